The molecule has 5 heteroatoms. The van der Waals surface area contributed by atoms with Gasteiger partial charge in [-0.25, -0.2) is 0 Å². The Kier molecular flexibility index (Phi) is 7.54. The zero-order valence-corrected chi connectivity index (χ0v) is 10.6. The van der Waals surface area contributed by atoms with Crippen molar-refractivity contribution >= 4 is 11.8 Å². The molecule has 0 spiro atoms. The van der Waals surface area contributed by atoms with Crippen LogP contribution in [0.4, 0.5) is 0 Å². The van der Waals surface area contributed by atoms with Crippen LogP contribution in [0.3, 0.4) is 0 Å². The highest BCUT2D eigenvalue weighted by Crippen LogP contribution is 1.89. The average molecular weight is 229 g/mol. The summed E-state index contributed by atoms with van der Waals surface area (Å²) in [7, 11) is 0. The monoisotopic (exact) mass is 229 g/mol. The zero-order valence-electron chi connectivity index (χ0n) is 10.6. The molecule has 94 valence electrons. The van der Waals surface area contributed by atoms with E-state index in [1.807, 2.05) is 20.8 Å². The molecule has 0 radical (unpaired) electrons. The molecule has 0 aromatic carbocycles. The maximum atomic E-state index is 11.5. The molecule has 1 unspecified atom stereocenters. The second kappa shape index (κ2) is 8.10. The normalized spacial score (nSPS) is 12.3. The van der Waals surface area contributed by atoms with Crippen LogP contribution in [0.15, 0.2) is 0 Å². The van der Waals surface area contributed by atoms with Crippen LogP contribution >= 0.6 is 0 Å². The molecule has 0 aliphatic rings. The van der Waals surface area contributed by atoms with Gasteiger partial charge >= 0.3 is 0 Å². The van der Waals surface area contributed by atoms with Crippen LogP contribution in [0.2, 0.25) is 0 Å². The highest BCUT2D eigenvalue weighted by molar-refractivity contribution is 5.87. The number of hydrogen-bond acceptors (Lipinski definition) is 3. The van der Waals surface area contributed by atoms with E-state index in [4.69, 9.17) is 0 Å². The fraction of sp³-hybridized carbons (Fsp3) is 0.818. The first-order chi connectivity index (χ1) is 7.47. The van der Waals surface area contributed by atoms with Crippen molar-refractivity contribution < 1.29 is 9.59 Å². The molecule has 0 rings (SSSR count). The van der Waals surface area contributed by atoms with Crippen molar-refractivity contribution in [1.82, 2.24) is 16.0 Å². The molecule has 0 aliphatic carbocycles. The molecule has 0 heterocycles. The van der Waals surface area contributed by atoms with Gasteiger partial charge in [-0.15, -0.1) is 0 Å². The number of carbonyl (C=O) groups is 2. The van der Waals surface area contributed by atoms with E-state index in [9.17, 15) is 9.59 Å². The predicted molar refractivity (Wildman–Crippen MR) is 64.0 cm³/mol. The highest BCUT2D eigenvalue weighted by atomic mass is 16.2. The highest BCUT2D eigenvalue weighted by Gasteiger charge is 2.14. The fourth-order valence-corrected chi connectivity index (χ4v) is 1.05. The molecule has 0 fully saturated rings. The topological polar surface area (TPSA) is 70.2 Å². The fourth-order valence-electron chi connectivity index (χ4n) is 1.05. The summed E-state index contributed by atoms with van der Waals surface area (Å²) in [6, 6.07) is -0.482. The smallest absolute Gasteiger partial charge is 0.242 e. The standard InChI is InChI=1S/C11H23N3O2/c1-5-12-7-10(15)14-9(4)11(16)13-6-8(2)3/h8-9,12H,5-7H2,1-4H3,(H,13,16)(H,14,15). The molecule has 2 amide bonds. The number of amides is 2. The van der Waals surface area contributed by atoms with E-state index in [2.05, 4.69) is 16.0 Å². The molecule has 0 aromatic heterocycles. The molecule has 0 aliphatic heterocycles. The summed E-state index contributed by atoms with van der Waals surface area (Å²) in [6.07, 6.45) is 0. The average Bonchev–Trinajstić information content (AvgIpc) is 2.22. The van der Waals surface area contributed by atoms with Gasteiger partial charge in [0.25, 0.3) is 0 Å². The van der Waals surface area contributed by atoms with E-state index in [0.717, 1.165) is 6.54 Å². The Balaban J connectivity index is 3.81. The predicted octanol–water partition coefficient (Wildman–Crippen LogP) is -0.127. The lowest BCUT2D eigenvalue weighted by Crippen LogP contribution is -2.47. The second-order valence-corrected chi connectivity index (χ2v) is 4.21. The number of carbonyl (C=O) groups excluding carboxylic acids is 2. The molecule has 16 heavy (non-hydrogen) atoms. The van der Waals surface area contributed by atoms with E-state index in [0.29, 0.717) is 12.5 Å². The summed E-state index contributed by atoms with van der Waals surface area (Å²) in [6.45, 7) is 9.26. The molecule has 0 bridgehead atoms. The second-order valence-electron chi connectivity index (χ2n) is 4.21. The van der Waals surface area contributed by atoms with Crippen molar-refractivity contribution in [2.75, 3.05) is 19.6 Å². The third kappa shape index (κ3) is 7.23. The van der Waals surface area contributed by atoms with Crippen molar-refractivity contribution in [2.45, 2.75) is 33.7 Å². The van der Waals surface area contributed by atoms with Gasteiger partial charge in [-0.3, -0.25) is 9.59 Å². The van der Waals surface area contributed by atoms with Crippen LogP contribution in [0.5, 0.6) is 0 Å². The number of rotatable bonds is 7. The van der Waals surface area contributed by atoms with E-state index in [1.54, 1.807) is 6.92 Å². The van der Waals surface area contributed by atoms with Crippen LogP contribution in [0.1, 0.15) is 27.7 Å². The van der Waals surface area contributed by atoms with E-state index in [-0.39, 0.29) is 18.4 Å². The maximum absolute atomic E-state index is 11.5. The summed E-state index contributed by atoms with van der Waals surface area (Å²) in [4.78, 5) is 22.8. The van der Waals surface area contributed by atoms with Gasteiger partial charge in [-0.2, -0.15) is 0 Å². The summed E-state index contributed by atoms with van der Waals surface area (Å²) in [5, 5.41) is 8.29. The number of nitrogens with one attached hydrogen (secondary N) is 3. The van der Waals surface area contributed by atoms with Crippen LogP contribution < -0.4 is 16.0 Å². The van der Waals surface area contributed by atoms with Crippen molar-refractivity contribution in [3.8, 4) is 0 Å². The van der Waals surface area contributed by atoms with Gasteiger partial charge in [-0.05, 0) is 19.4 Å². The van der Waals surface area contributed by atoms with E-state index >= 15 is 0 Å². The van der Waals surface area contributed by atoms with E-state index < -0.39 is 6.04 Å². The van der Waals surface area contributed by atoms with Crippen molar-refractivity contribution in [3.63, 3.8) is 0 Å². The maximum Gasteiger partial charge on any atom is 0.242 e. The van der Waals surface area contributed by atoms with E-state index in [1.165, 1.54) is 0 Å². The van der Waals surface area contributed by atoms with Crippen LogP contribution in [0, 0.1) is 5.92 Å². The molecule has 0 aromatic rings. The first kappa shape index (κ1) is 14.9. The summed E-state index contributed by atoms with van der Waals surface area (Å²) in [5.41, 5.74) is 0. The Hall–Kier alpha value is -1.10. The Labute approximate surface area is 97.4 Å². The first-order valence-corrected chi connectivity index (χ1v) is 5.75. The lowest BCUT2D eigenvalue weighted by atomic mass is 10.2. The molecule has 5 nitrogen and oxygen atoms in total. The van der Waals surface area contributed by atoms with Gasteiger partial charge in [0.15, 0.2) is 0 Å². The van der Waals surface area contributed by atoms with Crippen LogP contribution in [0.25, 0.3) is 0 Å². The Morgan fingerprint density at radius 2 is 1.81 bits per heavy atom. The molecule has 0 saturated carbocycles. The van der Waals surface area contributed by atoms with Gasteiger partial charge < -0.3 is 16.0 Å². The minimum absolute atomic E-state index is 0.140. The third-order valence-corrected chi connectivity index (χ3v) is 1.99. The Bertz CT molecular complexity index is 229. The molecular weight excluding hydrogens is 206 g/mol. The summed E-state index contributed by atoms with van der Waals surface area (Å²) < 4.78 is 0. The molecule has 1 atom stereocenters. The molecule has 3 N–H and O–H groups in total. The minimum atomic E-state index is -0.482. The van der Waals surface area contributed by atoms with Gasteiger partial charge in [-0.1, -0.05) is 20.8 Å². The zero-order chi connectivity index (χ0) is 12.6. The van der Waals surface area contributed by atoms with Crippen LogP contribution in [-0.2, 0) is 9.59 Å². The van der Waals surface area contributed by atoms with Crippen LogP contribution in [-0.4, -0.2) is 37.5 Å². The van der Waals surface area contributed by atoms with Crippen molar-refractivity contribution in [3.05, 3.63) is 0 Å². The van der Waals surface area contributed by atoms with Crippen molar-refractivity contribution in [1.29, 1.82) is 0 Å². The largest absolute Gasteiger partial charge is 0.354 e. The Morgan fingerprint density at radius 3 is 2.31 bits per heavy atom. The van der Waals surface area contributed by atoms with Crippen molar-refractivity contribution in [2.24, 2.45) is 5.92 Å². The third-order valence-electron chi connectivity index (χ3n) is 1.99. The lowest BCUT2D eigenvalue weighted by Gasteiger charge is -2.15. The van der Waals surface area contributed by atoms with Gasteiger partial charge in [0.05, 0.1) is 6.54 Å². The Morgan fingerprint density at radius 1 is 1.19 bits per heavy atom. The van der Waals surface area contributed by atoms with Gasteiger partial charge in [0, 0.05) is 6.54 Å². The number of likely N-dealkylation sites (N-methyl/N-ethyl adjacent to an activating group) is 1. The quantitative estimate of drug-likeness (QED) is 0.569. The van der Waals surface area contributed by atoms with Gasteiger partial charge in [0.2, 0.25) is 11.8 Å². The van der Waals surface area contributed by atoms with Gasteiger partial charge in [0.1, 0.15) is 6.04 Å². The molecule has 0 saturated heterocycles. The lowest BCUT2D eigenvalue weighted by molar-refractivity contribution is -0.128. The minimum Gasteiger partial charge on any atom is -0.354 e. The summed E-state index contributed by atoms with van der Waals surface area (Å²) in [5.74, 6) is 0.112. The first-order valence-electron chi connectivity index (χ1n) is 5.75. The summed E-state index contributed by atoms with van der Waals surface area (Å²) >= 11 is 0. The number of hydrogen-bond donors (Lipinski definition) is 3. The SMILES string of the molecule is CCNCC(=O)NC(C)C(=O)NCC(C)C. The molecular formula is C11H23N3O2.